The molecule has 1 unspecified atom stereocenters. The van der Waals surface area contributed by atoms with Gasteiger partial charge in [0, 0.05) is 34.5 Å². The normalized spacial score (nSPS) is 18.8. The van der Waals surface area contributed by atoms with Crippen LogP contribution in [-0.4, -0.2) is 36.6 Å². The van der Waals surface area contributed by atoms with Gasteiger partial charge in [-0.1, -0.05) is 51.8 Å². The zero-order valence-corrected chi connectivity index (χ0v) is 21.5. The van der Waals surface area contributed by atoms with Crippen LogP contribution in [0.1, 0.15) is 60.8 Å². The molecule has 5 nitrogen and oxygen atoms in total. The molecule has 1 saturated heterocycles. The number of rotatable bonds is 5. The highest BCUT2D eigenvalue weighted by atomic mass is 79.9. The molecule has 0 bridgehead atoms. The Hall–Kier alpha value is -2.05. The van der Waals surface area contributed by atoms with Crippen LogP contribution >= 0.6 is 27.5 Å². The maximum Gasteiger partial charge on any atom is 0.317 e. The molecule has 4 rings (SSSR count). The maximum absolute atomic E-state index is 12.9. The largest absolute Gasteiger partial charge is 0.466 e. The molecule has 0 aromatic heterocycles. The van der Waals surface area contributed by atoms with Gasteiger partial charge in [0.1, 0.15) is 0 Å². The van der Waals surface area contributed by atoms with Crippen LogP contribution in [-0.2, 0) is 21.5 Å². The molecule has 33 heavy (non-hydrogen) atoms. The highest BCUT2D eigenvalue weighted by molar-refractivity contribution is 9.10. The first-order chi connectivity index (χ1) is 15.8. The van der Waals surface area contributed by atoms with Gasteiger partial charge < -0.3 is 15.0 Å². The van der Waals surface area contributed by atoms with E-state index in [1.807, 2.05) is 43.0 Å². The Bertz CT molecular complexity index is 1030. The van der Waals surface area contributed by atoms with Crippen molar-refractivity contribution in [2.75, 3.05) is 19.7 Å². The van der Waals surface area contributed by atoms with E-state index >= 15 is 0 Å². The van der Waals surface area contributed by atoms with Gasteiger partial charge in [-0.25, -0.2) is 4.79 Å². The van der Waals surface area contributed by atoms with Crippen molar-refractivity contribution < 1.29 is 14.3 Å². The molecule has 1 N–H and O–H groups in total. The number of hydrogen-bond acceptors (Lipinski definition) is 3. The van der Waals surface area contributed by atoms with E-state index in [-0.39, 0.29) is 23.3 Å². The summed E-state index contributed by atoms with van der Waals surface area (Å²) in [5.41, 5.74) is 4.55. The number of halogens is 2. The summed E-state index contributed by atoms with van der Waals surface area (Å²) >= 11 is 10.1. The predicted molar refractivity (Wildman–Crippen MR) is 134 cm³/mol. The number of benzene rings is 2. The number of urea groups is 1. The summed E-state index contributed by atoms with van der Waals surface area (Å²) < 4.78 is 6.33. The Labute approximate surface area is 209 Å². The molecule has 2 amide bonds. The van der Waals surface area contributed by atoms with Crippen molar-refractivity contribution in [3.8, 4) is 0 Å². The lowest BCUT2D eigenvalue weighted by molar-refractivity contribution is -0.143. The Kier molecular flexibility index (Phi) is 7.34. The third kappa shape index (κ3) is 4.92. The lowest BCUT2D eigenvalue weighted by atomic mass is 9.73. The van der Waals surface area contributed by atoms with Crippen LogP contribution in [0.4, 0.5) is 4.79 Å². The van der Waals surface area contributed by atoms with Crippen molar-refractivity contribution in [3.05, 3.63) is 68.1 Å². The minimum Gasteiger partial charge on any atom is -0.466 e. The van der Waals surface area contributed by atoms with Crippen LogP contribution < -0.4 is 5.32 Å². The van der Waals surface area contributed by atoms with Crippen molar-refractivity contribution in [2.24, 2.45) is 0 Å². The summed E-state index contributed by atoms with van der Waals surface area (Å²) in [6, 6.07) is 12.0. The molecule has 0 radical (unpaired) electrons. The molecule has 1 fully saturated rings. The van der Waals surface area contributed by atoms with Gasteiger partial charge in [-0.2, -0.15) is 0 Å². The third-order valence-electron chi connectivity index (χ3n) is 7.15. The summed E-state index contributed by atoms with van der Waals surface area (Å²) in [5.74, 6) is 0.0114. The topological polar surface area (TPSA) is 58.6 Å². The highest BCUT2D eigenvalue weighted by Crippen LogP contribution is 2.55. The number of likely N-dealkylation sites (tertiary alicyclic amines) is 1. The number of aryl methyl sites for hydroxylation is 1. The molecule has 1 aliphatic carbocycles. The Morgan fingerprint density at radius 1 is 1.21 bits per heavy atom. The first-order valence-electron chi connectivity index (χ1n) is 11.6. The average molecular weight is 534 g/mol. The quantitative estimate of drug-likeness (QED) is 0.473. The number of hydrogen-bond donors (Lipinski definition) is 1. The van der Waals surface area contributed by atoms with Gasteiger partial charge in [0.15, 0.2) is 0 Å². The number of carbonyl (C=O) groups is 2. The molecule has 2 aromatic rings. The Morgan fingerprint density at radius 2 is 1.94 bits per heavy atom. The van der Waals surface area contributed by atoms with Crippen LogP contribution in [0.25, 0.3) is 0 Å². The summed E-state index contributed by atoms with van der Waals surface area (Å²) in [6.45, 7) is 6.02. The minimum atomic E-state index is -0.142. The van der Waals surface area contributed by atoms with Crippen molar-refractivity contribution in [3.63, 3.8) is 0 Å². The van der Waals surface area contributed by atoms with Gasteiger partial charge in [-0.15, -0.1) is 0 Å². The second-order valence-corrected chi connectivity index (χ2v) is 10.3. The number of amides is 2. The van der Waals surface area contributed by atoms with Crippen molar-refractivity contribution in [1.29, 1.82) is 0 Å². The molecule has 7 heteroatoms. The number of ether oxygens (including phenoxy) is 1. The van der Waals surface area contributed by atoms with Crippen molar-refractivity contribution >= 4 is 39.5 Å². The molecular weight excluding hydrogens is 504 g/mol. The van der Waals surface area contributed by atoms with Gasteiger partial charge in [-0.3, -0.25) is 4.79 Å². The summed E-state index contributed by atoms with van der Waals surface area (Å²) in [5, 5.41) is 3.71. The Balaban J connectivity index is 1.44. The second-order valence-electron chi connectivity index (χ2n) is 9.08. The molecule has 1 atom stereocenters. The van der Waals surface area contributed by atoms with E-state index in [0.29, 0.717) is 37.7 Å². The second kappa shape index (κ2) is 10.1. The monoisotopic (exact) mass is 532 g/mol. The molecule has 1 aliphatic heterocycles. The van der Waals surface area contributed by atoms with Crippen molar-refractivity contribution in [1.82, 2.24) is 10.2 Å². The number of esters is 1. The maximum atomic E-state index is 12.9. The fourth-order valence-electron chi connectivity index (χ4n) is 5.49. The van der Waals surface area contributed by atoms with Gasteiger partial charge in [0.25, 0.3) is 0 Å². The summed E-state index contributed by atoms with van der Waals surface area (Å²) in [6.07, 6.45) is 3.07. The van der Waals surface area contributed by atoms with Crippen LogP contribution in [0.15, 0.2) is 40.9 Å². The SMILES string of the molecule is CCOC(=O)CC1CC2(CCN(C(=O)NCc3c(C)cccc3Cl)CC2)c2c(Br)cccc21. The minimum absolute atomic E-state index is 0.0251. The molecular formula is C26H30BrClN2O3. The number of carbonyl (C=O) groups excluding carboxylic acids is 2. The first kappa shape index (κ1) is 24.1. The third-order valence-corrected chi connectivity index (χ3v) is 8.16. The van der Waals surface area contributed by atoms with E-state index in [1.165, 1.54) is 11.1 Å². The van der Waals surface area contributed by atoms with Gasteiger partial charge >= 0.3 is 12.0 Å². The van der Waals surface area contributed by atoms with E-state index in [9.17, 15) is 9.59 Å². The van der Waals surface area contributed by atoms with E-state index < -0.39 is 0 Å². The fourth-order valence-corrected chi connectivity index (χ4v) is 6.58. The molecule has 0 saturated carbocycles. The zero-order chi connectivity index (χ0) is 23.6. The summed E-state index contributed by atoms with van der Waals surface area (Å²) in [4.78, 5) is 27.0. The smallest absolute Gasteiger partial charge is 0.317 e. The van der Waals surface area contributed by atoms with Gasteiger partial charge in [0.05, 0.1) is 13.0 Å². The van der Waals surface area contributed by atoms with E-state index in [2.05, 4.69) is 33.4 Å². The average Bonchev–Trinajstić information content (AvgIpc) is 3.07. The van der Waals surface area contributed by atoms with Crippen molar-refractivity contribution in [2.45, 2.75) is 57.4 Å². The predicted octanol–water partition coefficient (Wildman–Crippen LogP) is 6.09. The van der Waals surface area contributed by atoms with E-state index in [4.69, 9.17) is 16.3 Å². The molecule has 2 aromatic carbocycles. The number of piperidine rings is 1. The number of nitrogens with one attached hydrogen (secondary N) is 1. The van der Waals surface area contributed by atoms with Crippen LogP contribution in [0.5, 0.6) is 0 Å². The zero-order valence-electron chi connectivity index (χ0n) is 19.1. The van der Waals surface area contributed by atoms with E-state index in [1.54, 1.807) is 0 Å². The lowest BCUT2D eigenvalue weighted by Gasteiger charge is -2.40. The highest BCUT2D eigenvalue weighted by Gasteiger charge is 2.47. The Morgan fingerprint density at radius 3 is 2.64 bits per heavy atom. The molecule has 1 heterocycles. The van der Waals surface area contributed by atoms with E-state index in [0.717, 1.165) is 34.9 Å². The van der Waals surface area contributed by atoms with Crippen LogP contribution in [0, 0.1) is 6.92 Å². The van der Waals surface area contributed by atoms with Crippen LogP contribution in [0.2, 0.25) is 5.02 Å². The van der Waals surface area contributed by atoms with Crippen LogP contribution in [0.3, 0.4) is 0 Å². The lowest BCUT2D eigenvalue weighted by Crippen LogP contribution is -2.48. The summed E-state index contributed by atoms with van der Waals surface area (Å²) in [7, 11) is 0. The molecule has 176 valence electrons. The number of nitrogens with zero attached hydrogens (tertiary/aromatic N) is 1. The van der Waals surface area contributed by atoms with Gasteiger partial charge in [0.2, 0.25) is 0 Å². The fraction of sp³-hybridized carbons (Fsp3) is 0.462. The standard InChI is InChI=1S/C26H30BrClN2O3/c1-3-33-23(31)14-18-15-26(24-19(18)7-5-8-21(24)27)10-12-30(13-11-26)25(32)29-16-20-17(2)6-4-9-22(20)28/h4-9,18H,3,10-16H2,1-2H3,(H,29,32). The van der Waals surface area contributed by atoms with Gasteiger partial charge in [-0.05, 0) is 73.4 Å². The number of fused-ring (bicyclic) bond motifs is 2. The first-order valence-corrected chi connectivity index (χ1v) is 12.7. The molecule has 1 spiro atoms. The molecule has 2 aliphatic rings.